The molecule has 20 heavy (non-hydrogen) atoms. The van der Waals surface area contributed by atoms with Gasteiger partial charge in [-0.1, -0.05) is 0 Å². The lowest BCUT2D eigenvalue weighted by Gasteiger charge is -2.32. The van der Waals surface area contributed by atoms with Crippen LogP contribution in [-0.4, -0.2) is 35.5 Å². The highest BCUT2D eigenvalue weighted by molar-refractivity contribution is 5.85. The van der Waals surface area contributed by atoms with Crippen LogP contribution in [0.5, 0.6) is 0 Å². The summed E-state index contributed by atoms with van der Waals surface area (Å²) in [5, 5.41) is 0. The monoisotopic (exact) mass is 288 g/mol. The Balaban J connectivity index is 1.52. The Morgan fingerprint density at radius 1 is 1.10 bits per heavy atom. The Morgan fingerprint density at radius 2 is 1.75 bits per heavy atom. The van der Waals surface area contributed by atoms with Crippen molar-refractivity contribution >= 4 is 5.84 Å². The first-order chi connectivity index (χ1) is 9.45. The Hall–Kier alpha value is -0.740. The van der Waals surface area contributed by atoms with Crippen LogP contribution in [0.2, 0.25) is 0 Å². The van der Waals surface area contributed by atoms with Gasteiger partial charge in [-0.3, -0.25) is 4.99 Å². The van der Waals surface area contributed by atoms with Gasteiger partial charge in [0.1, 0.15) is 0 Å². The van der Waals surface area contributed by atoms with Gasteiger partial charge in [-0.2, -0.15) is 13.2 Å². The number of alkyl halides is 3. The molecule has 3 aliphatic rings. The summed E-state index contributed by atoms with van der Waals surface area (Å²) in [4.78, 5) is 7.08. The van der Waals surface area contributed by atoms with Gasteiger partial charge in [0.2, 0.25) is 0 Å². The van der Waals surface area contributed by atoms with Crippen LogP contribution in [0.4, 0.5) is 13.2 Å². The third-order valence-corrected chi connectivity index (χ3v) is 5.03. The Morgan fingerprint density at radius 3 is 2.30 bits per heavy atom. The van der Waals surface area contributed by atoms with E-state index in [0.29, 0.717) is 43.7 Å². The molecule has 1 unspecified atom stereocenters. The smallest absolute Gasteiger partial charge is 0.353 e. The fraction of sp³-hybridized carbons (Fsp3) is 0.933. The molecule has 0 aromatic rings. The summed E-state index contributed by atoms with van der Waals surface area (Å²) in [5.74, 6) is 0.511. The average Bonchev–Trinajstić information content (AvgIpc) is 3.15. The van der Waals surface area contributed by atoms with Crippen molar-refractivity contribution < 1.29 is 13.2 Å². The summed E-state index contributed by atoms with van der Waals surface area (Å²) >= 11 is 0. The molecule has 5 heteroatoms. The quantitative estimate of drug-likeness (QED) is 0.766. The molecule has 0 amide bonds. The highest BCUT2D eigenvalue weighted by Crippen LogP contribution is 2.41. The molecule has 0 radical (unpaired) electrons. The van der Waals surface area contributed by atoms with E-state index in [1.165, 1.54) is 18.7 Å². The van der Waals surface area contributed by atoms with Crippen LogP contribution in [0.15, 0.2) is 4.99 Å². The maximum absolute atomic E-state index is 12.7. The van der Waals surface area contributed by atoms with Gasteiger partial charge in [0.15, 0.2) is 0 Å². The lowest BCUT2D eigenvalue weighted by Crippen LogP contribution is -2.38. The van der Waals surface area contributed by atoms with Crippen molar-refractivity contribution in [3.63, 3.8) is 0 Å². The second-order valence-corrected chi connectivity index (χ2v) is 6.71. The van der Waals surface area contributed by atoms with E-state index in [1.54, 1.807) is 0 Å². The minimum absolute atomic E-state index is 0.306. The molecular weight excluding hydrogens is 265 g/mol. The zero-order valence-electron chi connectivity index (χ0n) is 12.0. The lowest BCUT2D eigenvalue weighted by molar-refractivity contribution is -0.183. The maximum Gasteiger partial charge on any atom is 0.391 e. The number of nitrogens with zero attached hydrogens (tertiary/aromatic N) is 2. The van der Waals surface area contributed by atoms with Crippen LogP contribution >= 0.6 is 0 Å². The second kappa shape index (κ2) is 5.23. The summed E-state index contributed by atoms with van der Waals surface area (Å²) in [5.41, 5.74) is 0. The summed E-state index contributed by atoms with van der Waals surface area (Å²) < 4.78 is 38.0. The molecule has 0 saturated heterocycles. The van der Waals surface area contributed by atoms with Gasteiger partial charge < -0.3 is 4.90 Å². The topological polar surface area (TPSA) is 15.6 Å². The minimum Gasteiger partial charge on any atom is -0.353 e. The number of hydrogen-bond donors (Lipinski definition) is 0. The van der Waals surface area contributed by atoms with Crippen molar-refractivity contribution in [1.82, 2.24) is 4.90 Å². The van der Waals surface area contributed by atoms with E-state index in [2.05, 4.69) is 16.8 Å². The van der Waals surface area contributed by atoms with Gasteiger partial charge in [0, 0.05) is 18.5 Å². The molecule has 1 heterocycles. The molecule has 114 valence electrons. The molecule has 2 fully saturated rings. The van der Waals surface area contributed by atoms with E-state index in [0.717, 1.165) is 13.0 Å². The highest BCUT2D eigenvalue weighted by Gasteiger charge is 2.42. The molecule has 1 atom stereocenters. The van der Waals surface area contributed by atoms with Crippen LogP contribution in [0, 0.1) is 11.8 Å². The fourth-order valence-corrected chi connectivity index (χ4v) is 3.71. The Labute approximate surface area is 118 Å². The molecule has 2 aliphatic carbocycles. The zero-order valence-corrected chi connectivity index (χ0v) is 12.0. The van der Waals surface area contributed by atoms with Crippen molar-refractivity contribution in [3.8, 4) is 0 Å². The molecule has 2 nitrogen and oxygen atoms in total. The summed E-state index contributed by atoms with van der Waals surface area (Å²) in [6.45, 7) is 3.07. The summed E-state index contributed by atoms with van der Waals surface area (Å²) in [7, 11) is 0. The molecule has 3 rings (SSSR count). The predicted octanol–water partition coefficient (Wildman–Crippen LogP) is 4.01. The molecule has 2 saturated carbocycles. The molecule has 0 N–H and O–H groups in total. The van der Waals surface area contributed by atoms with Crippen molar-refractivity contribution in [3.05, 3.63) is 0 Å². The number of aliphatic imine (C=N–C) groups is 1. The van der Waals surface area contributed by atoms with E-state index in [-0.39, 0.29) is 0 Å². The average molecular weight is 288 g/mol. The van der Waals surface area contributed by atoms with Gasteiger partial charge in [-0.25, -0.2) is 0 Å². The maximum atomic E-state index is 12.7. The molecule has 0 aromatic carbocycles. The fourth-order valence-electron chi connectivity index (χ4n) is 3.71. The van der Waals surface area contributed by atoms with E-state index >= 15 is 0 Å². The first-order valence-electron chi connectivity index (χ1n) is 7.83. The predicted molar refractivity (Wildman–Crippen MR) is 72.7 cm³/mol. The molecule has 0 bridgehead atoms. The minimum atomic E-state index is -4.00. The van der Waals surface area contributed by atoms with Crippen molar-refractivity contribution in [2.24, 2.45) is 16.8 Å². The van der Waals surface area contributed by atoms with Gasteiger partial charge in [-0.15, -0.1) is 0 Å². The number of halogens is 3. The molecule has 0 spiro atoms. The van der Waals surface area contributed by atoms with Crippen molar-refractivity contribution in [2.75, 3.05) is 6.54 Å². The van der Waals surface area contributed by atoms with Gasteiger partial charge in [-0.05, 0) is 51.4 Å². The van der Waals surface area contributed by atoms with Crippen molar-refractivity contribution in [1.29, 1.82) is 0 Å². The number of rotatable bonds is 3. The number of hydrogen-bond acceptors (Lipinski definition) is 2. The largest absolute Gasteiger partial charge is 0.391 e. The molecule has 1 aliphatic heterocycles. The van der Waals surface area contributed by atoms with Gasteiger partial charge in [0.05, 0.1) is 18.3 Å². The summed E-state index contributed by atoms with van der Waals surface area (Å²) in [6, 6.07) is 1.15. The molecular formula is C15H23F3N2. The van der Waals surface area contributed by atoms with Gasteiger partial charge in [0.25, 0.3) is 0 Å². The standard InChI is InChI=1S/C15H23F3N2/c1-10-9-19-14(20(10)13-6-7-13)8-11-2-4-12(5-3-11)15(16,17)18/h10-13H,2-9H2,1H3/t10?,11-,12+. The highest BCUT2D eigenvalue weighted by atomic mass is 19.4. The Bertz CT molecular complexity index is 379. The van der Waals surface area contributed by atoms with Crippen LogP contribution < -0.4 is 0 Å². The molecule has 0 aromatic heterocycles. The SMILES string of the molecule is CC1CN=C(C[C@H]2CC[C@@H](C(F)(F)F)CC2)N1C1CC1. The van der Waals surface area contributed by atoms with Crippen LogP contribution in [0.1, 0.15) is 51.9 Å². The van der Waals surface area contributed by atoms with Crippen molar-refractivity contribution in [2.45, 2.75) is 70.1 Å². The third kappa shape index (κ3) is 2.96. The number of amidine groups is 1. The normalized spacial score (nSPS) is 35.3. The van der Waals surface area contributed by atoms with Crippen LogP contribution in [-0.2, 0) is 0 Å². The Kier molecular flexibility index (Phi) is 3.71. The second-order valence-electron chi connectivity index (χ2n) is 6.71. The third-order valence-electron chi connectivity index (χ3n) is 5.03. The summed E-state index contributed by atoms with van der Waals surface area (Å²) in [6.07, 6.45) is 1.43. The van der Waals surface area contributed by atoms with E-state index in [1.807, 2.05) is 0 Å². The zero-order chi connectivity index (χ0) is 14.3. The first kappa shape index (κ1) is 14.2. The lowest BCUT2D eigenvalue weighted by atomic mass is 9.80. The van der Waals surface area contributed by atoms with E-state index in [9.17, 15) is 13.2 Å². The van der Waals surface area contributed by atoms with Gasteiger partial charge >= 0.3 is 6.18 Å². The first-order valence-corrected chi connectivity index (χ1v) is 7.83. The van der Waals surface area contributed by atoms with E-state index < -0.39 is 12.1 Å². The van der Waals surface area contributed by atoms with E-state index in [4.69, 9.17) is 0 Å². The van der Waals surface area contributed by atoms with Crippen LogP contribution in [0.25, 0.3) is 0 Å². The van der Waals surface area contributed by atoms with Crippen LogP contribution in [0.3, 0.4) is 0 Å².